The van der Waals surface area contributed by atoms with Crippen LogP contribution in [0.3, 0.4) is 0 Å². The Balaban J connectivity index is 1.40. The molecule has 0 amide bonds. The molecular formula is C18H28N2. The Morgan fingerprint density at radius 2 is 1.75 bits per heavy atom. The molecule has 1 saturated heterocycles. The topological polar surface area (TPSA) is 24.1 Å². The third-order valence-corrected chi connectivity index (χ3v) is 5.06. The lowest BCUT2D eigenvalue weighted by Crippen LogP contribution is -2.45. The molecule has 1 atom stereocenters. The van der Waals surface area contributed by atoms with Crippen molar-refractivity contribution in [2.24, 2.45) is 0 Å². The second-order valence-corrected chi connectivity index (χ2v) is 6.51. The highest BCUT2D eigenvalue weighted by Gasteiger charge is 2.22. The van der Waals surface area contributed by atoms with E-state index in [1.807, 2.05) is 0 Å². The normalized spacial score (nSPS) is 31.1. The zero-order chi connectivity index (χ0) is 13.6. The average Bonchev–Trinajstić information content (AvgIpc) is 2.55. The van der Waals surface area contributed by atoms with Crippen molar-refractivity contribution in [3.8, 4) is 0 Å². The minimum absolute atomic E-state index is 0.718. The Morgan fingerprint density at radius 1 is 0.950 bits per heavy atom. The van der Waals surface area contributed by atoms with E-state index in [4.69, 9.17) is 0 Å². The zero-order valence-corrected chi connectivity index (χ0v) is 12.5. The van der Waals surface area contributed by atoms with Gasteiger partial charge in [-0.3, -0.25) is 0 Å². The first kappa shape index (κ1) is 14.1. The van der Waals surface area contributed by atoms with Gasteiger partial charge < -0.3 is 10.6 Å². The van der Waals surface area contributed by atoms with Crippen LogP contribution in [0, 0.1) is 0 Å². The van der Waals surface area contributed by atoms with Crippen molar-refractivity contribution in [3.63, 3.8) is 0 Å². The van der Waals surface area contributed by atoms with Crippen molar-refractivity contribution in [1.29, 1.82) is 0 Å². The number of hydrogen-bond acceptors (Lipinski definition) is 2. The van der Waals surface area contributed by atoms with Crippen LogP contribution in [-0.4, -0.2) is 25.2 Å². The van der Waals surface area contributed by atoms with E-state index >= 15 is 0 Å². The molecule has 1 saturated carbocycles. The van der Waals surface area contributed by atoms with E-state index < -0.39 is 0 Å². The minimum atomic E-state index is 0.718. The molecule has 0 radical (unpaired) electrons. The highest BCUT2D eigenvalue weighted by Crippen LogP contribution is 2.32. The summed E-state index contributed by atoms with van der Waals surface area (Å²) in [6, 6.07) is 12.5. The molecule has 110 valence electrons. The average molecular weight is 272 g/mol. The van der Waals surface area contributed by atoms with Crippen LogP contribution in [0.15, 0.2) is 30.3 Å². The lowest BCUT2D eigenvalue weighted by molar-refractivity contribution is 0.311. The number of hydrogen-bond donors (Lipinski definition) is 2. The van der Waals surface area contributed by atoms with Gasteiger partial charge in [0.1, 0.15) is 0 Å². The van der Waals surface area contributed by atoms with Crippen molar-refractivity contribution in [2.75, 3.05) is 13.1 Å². The van der Waals surface area contributed by atoms with Gasteiger partial charge in [0.05, 0.1) is 0 Å². The van der Waals surface area contributed by atoms with Crippen LogP contribution in [0.2, 0.25) is 0 Å². The third-order valence-electron chi connectivity index (χ3n) is 5.06. The van der Waals surface area contributed by atoms with Crippen molar-refractivity contribution in [1.82, 2.24) is 10.6 Å². The molecule has 2 fully saturated rings. The van der Waals surface area contributed by atoms with E-state index in [1.54, 1.807) is 5.56 Å². The van der Waals surface area contributed by atoms with Gasteiger partial charge >= 0.3 is 0 Å². The largest absolute Gasteiger partial charge is 0.313 e. The van der Waals surface area contributed by atoms with Gasteiger partial charge in [0.15, 0.2) is 0 Å². The second-order valence-electron chi connectivity index (χ2n) is 6.51. The van der Waals surface area contributed by atoms with Crippen molar-refractivity contribution in [2.45, 2.75) is 62.9 Å². The summed E-state index contributed by atoms with van der Waals surface area (Å²) in [6.07, 6.45) is 9.49. The molecule has 20 heavy (non-hydrogen) atoms. The monoisotopic (exact) mass is 272 g/mol. The molecule has 1 aliphatic carbocycles. The minimum Gasteiger partial charge on any atom is -0.313 e. The molecule has 2 heteroatoms. The summed E-state index contributed by atoms with van der Waals surface area (Å²) in [7, 11) is 0. The molecule has 1 heterocycles. The van der Waals surface area contributed by atoms with Gasteiger partial charge in [-0.15, -0.1) is 0 Å². The molecule has 3 rings (SSSR count). The van der Waals surface area contributed by atoms with E-state index in [1.165, 1.54) is 58.0 Å². The predicted octanol–water partition coefficient (Wildman–Crippen LogP) is 3.44. The molecule has 2 N–H and O–H groups in total. The first-order valence-electron chi connectivity index (χ1n) is 8.43. The van der Waals surface area contributed by atoms with Gasteiger partial charge in [0.2, 0.25) is 0 Å². The Labute approximate surface area is 123 Å². The molecule has 2 nitrogen and oxygen atoms in total. The van der Waals surface area contributed by atoms with Gasteiger partial charge in [0, 0.05) is 18.6 Å². The van der Waals surface area contributed by atoms with Crippen LogP contribution in [0.25, 0.3) is 0 Å². The molecular weight excluding hydrogens is 244 g/mol. The van der Waals surface area contributed by atoms with Crippen molar-refractivity contribution in [3.05, 3.63) is 35.9 Å². The van der Waals surface area contributed by atoms with Gasteiger partial charge in [-0.05, 0) is 56.6 Å². The van der Waals surface area contributed by atoms with E-state index in [9.17, 15) is 0 Å². The standard InChI is InChI=1S/C18H28N2/c1-2-6-15(7-3-1)16-9-11-17(12-10-16)20-14-18-8-4-5-13-19-18/h1-3,6-7,16-20H,4-5,8-14H2. The third kappa shape index (κ3) is 3.83. The predicted molar refractivity (Wildman–Crippen MR) is 85.1 cm³/mol. The summed E-state index contributed by atoms with van der Waals surface area (Å²) >= 11 is 0. The Morgan fingerprint density at radius 3 is 2.45 bits per heavy atom. The molecule has 0 aromatic heterocycles. The van der Waals surface area contributed by atoms with Gasteiger partial charge in [-0.1, -0.05) is 36.8 Å². The molecule has 0 bridgehead atoms. The summed E-state index contributed by atoms with van der Waals surface area (Å²) in [5.41, 5.74) is 1.54. The highest BCUT2D eigenvalue weighted by molar-refractivity contribution is 5.20. The quantitative estimate of drug-likeness (QED) is 0.877. The summed E-state index contributed by atoms with van der Waals surface area (Å²) in [6.45, 7) is 2.38. The second kappa shape index (κ2) is 7.24. The lowest BCUT2D eigenvalue weighted by atomic mass is 9.81. The van der Waals surface area contributed by atoms with Gasteiger partial charge in [-0.2, -0.15) is 0 Å². The SMILES string of the molecule is c1ccc(C2CCC(NCC3CCCCN3)CC2)cc1. The number of benzene rings is 1. The van der Waals surface area contributed by atoms with E-state index in [0.29, 0.717) is 0 Å². The van der Waals surface area contributed by atoms with Gasteiger partial charge in [0.25, 0.3) is 0 Å². The number of nitrogens with one attached hydrogen (secondary N) is 2. The smallest absolute Gasteiger partial charge is 0.0192 e. The molecule has 2 aliphatic rings. The molecule has 1 unspecified atom stereocenters. The molecule has 1 aliphatic heterocycles. The van der Waals surface area contributed by atoms with Crippen LogP contribution < -0.4 is 10.6 Å². The lowest BCUT2D eigenvalue weighted by Gasteiger charge is -2.32. The number of rotatable bonds is 4. The van der Waals surface area contributed by atoms with Crippen LogP contribution in [0.5, 0.6) is 0 Å². The van der Waals surface area contributed by atoms with Crippen LogP contribution >= 0.6 is 0 Å². The fraction of sp³-hybridized carbons (Fsp3) is 0.667. The fourth-order valence-electron chi connectivity index (χ4n) is 3.76. The van der Waals surface area contributed by atoms with Gasteiger partial charge in [-0.25, -0.2) is 0 Å². The Kier molecular flexibility index (Phi) is 5.10. The summed E-state index contributed by atoms with van der Waals surface area (Å²) < 4.78 is 0. The first-order chi connectivity index (χ1) is 9.92. The van der Waals surface area contributed by atoms with E-state index in [2.05, 4.69) is 41.0 Å². The molecule has 0 spiro atoms. The zero-order valence-electron chi connectivity index (χ0n) is 12.5. The fourth-order valence-corrected chi connectivity index (χ4v) is 3.76. The van der Waals surface area contributed by atoms with Crippen LogP contribution in [0.4, 0.5) is 0 Å². The summed E-state index contributed by atoms with van der Waals surface area (Å²) in [5.74, 6) is 0.794. The van der Waals surface area contributed by atoms with E-state index in [0.717, 1.165) is 18.0 Å². The van der Waals surface area contributed by atoms with Crippen molar-refractivity contribution < 1.29 is 0 Å². The van der Waals surface area contributed by atoms with Crippen molar-refractivity contribution >= 4 is 0 Å². The summed E-state index contributed by atoms with van der Waals surface area (Å²) in [5, 5.41) is 7.43. The van der Waals surface area contributed by atoms with Crippen LogP contribution in [-0.2, 0) is 0 Å². The highest BCUT2D eigenvalue weighted by atomic mass is 15.0. The maximum Gasteiger partial charge on any atom is 0.0192 e. The Hall–Kier alpha value is -0.860. The van der Waals surface area contributed by atoms with Crippen LogP contribution in [0.1, 0.15) is 56.4 Å². The maximum absolute atomic E-state index is 3.80. The van der Waals surface area contributed by atoms with E-state index in [-0.39, 0.29) is 0 Å². The first-order valence-corrected chi connectivity index (χ1v) is 8.43. The number of piperidine rings is 1. The maximum atomic E-state index is 3.80. The molecule has 1 aromatic carbocycles. The molecule has 1 aromatic rings. The Bertz CT molecular complexity index is 376. The summed E-state index contributed by atoms with van der Waals surface area (Å²) in [4.78, 5) is 0.